The van der Waals surface area contributed by atoms with Gasteiger partial charge in [-0.05, 0) is 59.8 Å². The van der Waals surface area contributed by atoms with E-state index in [1.807, 2.05) is 0 Å². The lowest BCUT2D eigenvalue weighted by atomic mass is 10.2. The van der Waals surface area contributed by atoms with E-state index in [1.54, 1.807) is 6.92 Å². The van der Waals surface area contributed by atoms with Gasteiger partial charge < -0.3 is 0 Å². The third-order valence-electron chi connectivity index (χ3n) is 3.19. The number of aryl methyl sites for hydroxylation is 1. The minimum absolute atomic E-state index is 0.0321. The van der Waals surface area contributed by atoms with Crippen LogP contribution < -0.4 is 4.72 Å². The predicted octanol–water partition coefficient (Wildman–Crippen LogP) is 2.56. The molecule has 0 fully saturated rings. The molecular formula is C14H11ClFN5O2S. The van der Waals surface area contributed by atoms with Crippen LogP contribution in [0.4, 0.5) is 10.1 Å². The van der Waals surface area contributed by atoms with Crippen molar-refractivity contribution in [3.05, 3.63) is 59.1 Å². The van der Waals surface area contributed by atoms with E-state index in [9.17, 15) is 12.8 Å². The number of halogens is 2. The monoisotopic (exact) mass is 367 g/mol. The van der Waals surface area contributed by atoms with E-state index in [2.05, 4.69) is 20.2 Å². The molecule has 0 bridgehead atoms. The van der Waals surface area contributed by atoms with Gasteiger partial charge in [-0.2, -0.15) is 4.68 Å². The molecule has 0 spiro atoms. The largest absolute Gasteiger partial charge is 0.277 e. The van der Waals surface area contributed by atoms with Crippen molar-refractivity contribution in [1.29, 1.82) is 0 Å². The fraction of sp³-hybridized carbons (Fsp3) is 0.0714. The third kappa shape index (κ3) is 3.22. The standard InChI is InChI=1S/C14H11ClFN5O2S/c1-9-17-19-20-21(9)11-4-7-13(16)14(8-11)18-24(22,23)12-5-2-10(15)3-6-12/h2-8,18H,1H3. The van der Waals surface area contributed by atoms with E-state index >= 15 is 0 Å². The molecule has 0 atom stereocenters. The molecule has 10 heteroatoms. The van der Waals surface area contributed by atoms with Crippen LogP contribution in [0.3, 0.4) is 0 Å². The molecule has 0 aliphatic heterocycles. The van der Waals surface area contributed by atoms with Crippen LogP contribution in [0.2, 0.25) is 5.02 Å². The molecule has 1 aromatic heterocycles. The molecule has 0 unspecified atom stereocenters. The molecule has 3 rings (SSSR count). The van der Waals surface area contributed by atoms with E-state index in [0.29, 0.717) is 16.5 Å². The van der Waals surface area contributed by atoms with Crippen molar-refractivity contribution in [2.45, 2.75) is 11.8 Å². The second-order valence-corrected chi connectivity index (χ2v) is 6.98. The molecule has 3 aromatic rings. The third-order valence-corrected chi connectivity index (χ3v) is 4.82. The van der Waals surface area contributed by atoms with Crippen molar-refractivity contribution in [2.75, 3.05) is 4.72 Å². The molecule has 1 N–H and O–H groups in total. The maximum Gasteiger partial charge on any atom is 0.261 e. The van der Waals surface area contributed by atoms with Gasteiger partial charge in [-0.3, -0.25) is 4.72 Å². The number of sulfonamides is 1. The summed E-state index contributed by atoms with van der Waals surface area (Å²) in [6, 6.07) is 9.43. The molecule has 0 amide bonds. The highest BCUT2D eigenvalue weighted by Crippen LogP contribution is 2.23. The van der Waals surface area contributed by atoms with Gasteiger partial charge >= 0.3 is 0 Å². The van der Waals surface area contributed by atoms with Crippen LogP contribution in [0.25, 0.3) is 5.69 Å². The molecule has 7 nitrogen and oxygen atoms in total. The first kappa shape index (κ1) is 16.3. The first-order valence-corrected chi connectivity index (χ1v) is 8.56. The van der Waals surface area contributed by atoms with Gasteiger partial charge in [0.25, 0.3) is 10.0 Å². The van der Waals surface area contributed by atoms with Gasteiger partial charge in [-0.15, -0.1) is 5.10 Å². The van der Waals surface area contributed by atoms with Gasteiger partial charge in [0.1, 0.15) is 5.82 Å². The number of rotatable bonds is 4. The highest BCUT2D eigenvalue weighted by Gasteiger charge is 2.17. The molecule has 2 aromatic carbocycles. The van der Waals surface area contributed by atoms with Crippen molar-refractivity contribution >= 4 is 27.3 Å². The Morgan fingerprint density at radius 1 is 1.17 bits per heavy atom. The number of tetrazole rings is 1. The topological polar surface area (TPSA) is 89.8 Å². The lowest BCUT2D eigenvalue weighted by molar-refractivity contribution is 0.598. The zero-order valence-electron chi connectivity index (χ0n) is 12.3. The Labute approximate surface area is 142 Å². The summed E-state index contributed by atoms with van der Waals surface area (Å²) >= 11 is 5.74. The first-order chi connectivity index (χ1) is 11.4. The van der Waals surface area contributed by atoms with E-state index < -0.39 is 15.8 Å². The minimum atomic E-state index is -3.96. The van der Waals surface area contributed by atoms with E-state index in [-0.39, 0.29) is 10.6 Å². The highest BCUT2D eigenvalue weighted by atomic mass is 35.5. The Morgan fingerprint density at radius 2 is 1.88 bits per heavy atom. The molecular weight excluding hydrogens is 357 g/mol. The van der Waals surface area contributed by atoms with Crippen LogP contribution in [0.15, 0.2) is 47.4 Å². The van der Waals surface area contributed by atoms with Crippen LogP contribution in [-0.4, -0.2) is 28.6 Å². The lowest BCUT2D eigenvalue weighted by Crippen LogP contribution is -2.14. The van der Waals surface area contributed by atoms with Gasteiger partial charge in [-0.25, -0.2) is 12.8 Å². The maximum atomic E-state index is 14.0. The normalized spacial score (nSPS) is 11.5. The van der Waals surface area contributed by atoms with Crippen molar-refractivity contribution in [1.82, 2.24) is 20.2 Å². The quantitative estimate of drug-likeness (QED) is 0.765. The summed E-state index contributed by atoms with van der Waals surface area (Å²) in [4.78, 5) is -0.0321. The van der Waals surface area contributed by atoms with Crippen LogP contribution in [0, 0.1) is 12.7 Å². The van der Waals surface area contributed by atoms with Crippen LogP contribution in [0.1, 0.15) is 5.82 Å². The number of benzene rings is 2. The summed E-state index contributed by atoms with van der Waals surface area (Å²) in [7, 11) is -3.96. The number of anilines is 1. The van der Waals surface area contributed by atoms with Gasteiger partial charge in [0.05, 0.1) is 16.3 Å². The summed E-state index contributed by atoms with van der Waals surface area (Å²) in [5, 5.41) is 11.4. The SMILES string of the molecule is Cc1nnnn1-c1ccc(F)c(NS(=O)(=O)c2ccc(Cl)cc2)c1. The van der Waals surface area contributed by atoms with Gasteiger partial charge in [0.2, 0.25) is 0 Å². The van der Waals surface area contributed by atoms with Crippen molar-refractivity contribution in [3.8, 4) is 5.69 Å². The first-order valence-electron chi connectivity index (χ1n) is 6.70. The smallest absolute Gasteiger partial charge is 0.261 e. The zero-order chi connectivity index (χ0) is 17.3. The predicted molar refractivity (Wildman–Crippen MR) is 86.1 cm³/mol. The van der Waals surface area contributed by atoms with Crippen LogP contribution >= 0.6 is 11.6 Å². The summed E-state index contributed by atoms with van der Waals surface area (Å²) in [6.45, 7) is 1.67. The Bertz CT molecular complexity index is 989. The molecule has 24 heavy (non-hydrogen) atoms. The fourth-order valence-corrected chi connectivity index (χ4v) is 3.20. The van der Waals surface area contributed by atoms with E-state index in [1.165, 1.54) is 41.1 Å². The van der Waals surface area contributed by atoms with Crippen LogP contribution in [0.5, 0.6) is 0 Å². The van der Waals surface area contributed by atoms with Gasteiger partial charge in [-0.1, -0.05) is 11.6 Å². The molecule has 0 saturated heterocycles. The lowest BCUT2D eigenvalue weighted by Gasteiger charge is -2.11. The number of aromatic nitrogens is 4. The average molecular weight is 368 g/mol. The molecule has 0 radical (unpaired) electrons. The van der Waals surface area contributed by atoms with E-state index in [0.717, 1.165) is 6.07 Å². The van der Waals surface area contributed by atoms with Gasteiger partial charge in [0, 0.05) is 5.02 Å². The molecule has 124 valence electrons. The molecule has 0 aliphatic rings. The van der Waals surface area contributed by atoms with Crippen molar-refractivity contribution in [2.24, 2.45) is 0 Å². The summed E-state index contributed by atoms with van der Waals surface area (Å²) in [5.41, 5.74) is 0.213. The Kier molecular flexibility index (Phi) is 4.20. The molecule has 1 heterocycles. The number of hydrogen-bond donors (Lipinski definition) is 1. The Hall–Kier alpha value is -2.52. The number of hydrogen-bond acceptors (Lipinski definition) is 5. The molecule has 0 aliphatic carbocycles. The maximum absolute atomic E-state index is 14.0. The Balaban J connectivity index is 1.98. The van der Waals surface area contributed by atoms with Crippen LogP contribution in [-0.2, 0) is 10.0 Å². The number of nitrogens with one attached hydrogen (secondary N) is 1. The minimum Gasteiger partial charge on any atom is -0.277 e. The second kappa shape index (κ2) is 6.17. The summed E-state index contributed by atoms with van der Waals surface area (Å²) in [6.07, 6.45) is 0. The number of nitrogens with zero attached hydrogens (tertiary/aromatic N) is 4. The average Bonchev–Trinajstić information content (AvgIpc) is 2.96. The Morgan fingerprint density at radius 3 is 2.50 bits per heavy atom. The summed E-state index contributed by atoms with van der Waals surface area (Å²) < 4.78 is 42.3. The molecule has 0 saturated carbocycles. The second-order valence-electron chi connectivity index (χ2n) is 4.86. The fourth-order valence-electron chi connectivity index (χ4n) is 2.01. The summed E-state index contributed by atoms with van der Waals surface area (Å²) in [5.74, 6) is -0.241. The highest BCUT2D eigenvalue weighted by molar-refractivity contribution is 7.92. The van der Waals surface area contributed by atoms with Crippen molar-refractivity contribution in [3.63, 3.8) is 0 Å². The van der Waals surface area contributed by atoms with E-state index in [4.69, 9.17) is 11.6 Å². The van der Waals surface area contributed by atoms with Gasteiger partial charge in [0.15, 0.2) is 5.82 Å². The van der Waals surface area contributed by atoms with Crippen molar-refractivity contribution < 1.29 is 12.8 Å². The zero-order valence-corrected chi connectivity index (χ0v) is 13.9.